The van der Waals surface area contributed by atoms with E-state index in [1.165, 1.54) is 32.3 Å². The molecule has 2 rings (SSSR count). The number of sulfonamides is 1. The number of rotatable bonds is 7. The highest BCUT2D eigenvalue weighted by Gasteiger charge is 2.17. The van der Waals surface area contributed by atoms with Crippen LogP contribution in [0.25, 0.3) is 0 Å². The second-order valence-electron chi connectivity index (χ2n) is 5.99. The highest BCUT2D eigenvalue weighted by atomic mass is 35.5. The monoisotopic (exact) mass is 397 g/mol. The van der Waals surface area contributed by atoms with Gasteiger partial charge in [-0.15, -0.1) is 0 Å². The van der Waals surface area contributed by atoms with E-state index in [2.05, 4.69) is 5.32 Å². The fourth-order valence-electron chi connectivity index (χ4n) is 2.33. The molecule has 0 aliphatic carbocycles. The van der Waals surface area contributed by atoms with Crippen LogP contribution >= 0.6 is 11.6 Å². The van der Waals surface area contributed by atoms with Crippen molar-refractivity contribution in [3.63, 3.8) is 0 Å². The zero-order valence-corrected chi connectivity index (χ0v) is 16.2. The van der Waals surface area contributed by atoms with E-state index in [0.717, 1.165) is 9.87 Å². The molecule has 1 atom stereocenters. The first-order valence-electron chi connectivity index (χ1n) is 7.81. The van der Waals surface area contributed by atoms with Crippen LogP contribution in [0, 0.1) is 10.1 Å². The zero-order chi connectivity index (χ0) is 19.5. The quantitative estimate of drug-likeness (QED) is 0.571. The summed E-state index contributed by atoms with van der Waals surface area (Å²) in [6, 6.07) is 10.8. The predicted molar refractivity (Wildman–Crippen MR) is 101 cm³/mol. The van der Waals surface area contributed by atoms with Crippen LogP contribution < -0.4 is 5.32 Å². The second kappa shape index (κ2) is 8.13. The molecule has 140 valence electrons. The molecule has 9 heteroatoms. The molecule has 0 saturated carbocycles. The van der Waals surface area contributed by atoms with Crippen LogP contribution in [-0.2, 0) is 16.6 Å². The number of benzene rings is 2. The second-order valence-corrected chi connectivity index (χ2v) is 8.55. The van der Waals surface area contributed by atoms with Gasteiger partial charge in [-0.1, -0.05) is 23.7 Å². The molecule has 0 amide bonds. The van der Waals surface area contributed by atoms with Crippen LogP contribution in [0.4, 0.5) is 5.69 Å². The molecule has 26 heavy (non-hydrogen) atoms. The molecular weight excluding hydrogens is 378 g/mol. The van der Waals surface area contributed by atoms with Gasteiger partial charge in [0.1, 0.15) is 0 Å². The summed E-state index contributed by atoms with van der Waals surface area (Å²) >= 11 is 6.10. The summed E-state index contributed by atoms with van der Waals surface area (Å²) in [6.45, 7) is 2.26. The number of nitro benzene ring substituents is 1. The number of hydrogen-bond donors (Lipinski definition) is 1. The normalized spacial score (nSPS) is 13.0. The fourth-order valence-corrected chi connectivity index (χ4v) is 3.42. The molecule has 0 heterocycles. The lowest BCUT2D eigenvalue weighted by Crippen LogP contribution is -2.22. The van der Waals surface area contributed by atoms with Gasteiger partial charge in [0.15, 0.2) is 0 Å². The lowest BCUT2D eigenvalue weighted by atomic mass is 10.1. The van der Waals surface area contributed by atoms with Gasteiger partial charge in [0.25, 0.3) is 5.69 Å². The Morgan fingerprint density at radius 1 is 1.19 bits per heavy atom. The zero-order valence-electron chi connectivity index (χ0n) is 14.6. The van der Waals surface area contributed by atoms with Crippen LogP contribution in [0.2, 0.25) is 5.02 Å². The van der Waals surface area contributed by atoms with Crippen molar-refractivity contribution in [2.24, 2.45) is 0 Å². The van der Waals surface area contributed by atoms with E-state index in [-0.39, 0.29) is 16.6 Å². The Labute approximate surface area is 157 Å². The van der Waals surface area contributed by atoms with E-state index in [9.17, 15) is 18.5 Å². The van der Waals surface area contributed by atoms with Gasteiger partial charge in [-0.3, -0.25) is 10.1 Å². The number of nitrogens with zero attached hydrogens (tertiary/aromatic N) is 2. The Bertz CT molecular complexity index is 899. The molecule has 0 bridgehead atoms. The van der Waals surface area contributed by atoms with E-state index in [1.54, 1.807) is 24.3 Å². The van der Waals surface area contributed by atoms with Crippen LogP contribution in [-0.4, -0.2) is 31.7 Å². The minimum absolute atomic E-state index is 0.0166. The van der Waals surface area contributed by atoms with Gasteiger partial charge in [0, 0.05) is 43.8 Å². The van der Waals surface area contributed by atoms with Crippen molar-refractivity contribution in [3.05, 3.63) is 68.7 Å². The van der Waals surface area contributed by atoms with E-state index in [4.69, 9.17) is 11.6 Å². The highest BCUT2D eigenvalue weighted by molar-refractivity contribution is 7.89. The molecule has 0 saturated heterocycles. The maximum absolute atomic E-state index is 12.1. The van der Waals surface area contributed by atoms with Gasteiger partial charge in [-0.2, -0.15) is 0 Å². The Kier molecular flexibility index (Phi) is 6.35. The summed E-state index contributed by atoms with van der Waals surface area (Å²) in [5.74, 6) is 0. The molecule has 7 nitrogen and oxygen atoms in total. The van der Waals surface area contributed by atoms with Crippen molar-refractivity contribution in [3.8, 4) is 0 Å². The predicted octanol–water partition coefficient (Wildman–Crippen LogP) is 3.35. The van der Waals surface area contributed by atoms with Gasteiger partial charge >= 0.3 is 0 Å². The van der Waals surface area contributed by atoms with Crippen molar-refractivity contribution < 1.29 is 13.3 Å². The van der Waals surface area contributed by atoms with E-state index in [1.807, 2.05) is 6.92 Å². The lowest BCUT2D eigenvalue weighted by Gasteiger charge is -2.16. The largest absolute Gasteiger partial charge is 0.306 e. The summed E-state index contributed by atoms with van der Waals surface area (Å²) < 4.78 is 25.3. The molecule has 0 aliphatic heterocycles. The van der Waals surface area contributed by atoms with Crippen LogP contribution in [0.3, 0.4) is 0 Å². The Morgan fingerprint density at radius 2 is 1.81 bits per heavy atom. The minimum Gasteiger partial charge on any atom is -0.306 e. The first-order valence-corrected chi connectivity index (χ1v) is 9.63. The Morgan fingerprint density at radius 3 is 2.35 bits per heavy atom. The molecule has 0 aromatic heterocycles. The standard InChI is InChI=1S/C17H20ClN3O4S/c1-12(13-4-7-16(8-5-13)26(24,25)20(2)3)19-11-14-10-15(21(22)23)6-9-17(14)18/h4-10,12,19H,11H2,1-3H3. The third-order valence-corrected chi connectivity index (χ3v) is 6.20. The molecule has 0 fully saturated rings. The van der Waals surface area contributed by atoms with Crippen LogP contribution in [0.5, 0.6) is 0 Å². The third kappa shape index (κ3) is 4.59. The number of nitrogens with one attached hydrogen (secondary N) is 1. The van der Waals surface area contributed by atoms with Gasteiger partial charge < -0.3 is 5.32 Å². The topological polar surface area (TPSA) is 92.5 Å². The van der Waals surface area contributed by atoms with Crippen molar-refractivity contribution >= 4 is 27.3 Å². The Hall–Kier alpha value is -2.00. The van der Waals surface area contributed by atoms with E-state index < -0.39 is 14.9 Å². The van der Waals surface area contributed by atoms with E-state index in [0.29, 0.717) is 17.1 Å². The number of non-ortho nitro benzene ring substituents is 1. The summed E-state index contributed by atoms with van der Waals surface area (Å²) in [5.41, 5.74) is 1.50. The summed E-state index contributed by atoms with van der Waals surface area (Å²) in [7, 11) is -0.497. The van der Waals surface area contributed by atoms with Crippen LogP contribution in [0.1, 0.15) is 24.1 Å². The first-order chi connectivity index (χ1) is 12.1. The molecule has 0 radical (unpaired) electrons. The Balaban J connectivity index is 2.10. The van der Waals surface area contributed by atoms with Crippen molar-refractivity contribution in [2.75, 3.05) is 14.1 Å². The van der Waals surface area contributed by atoms with Gasteiger partial charge in [-0.25, -0.2) is 12.7 Å². The van der Waals surface area contributed by atoms with Crippen molar-refractivity contribution in [1.82, 2.24) is 9.62 Å². The molecular formula is C17H20ClN3O4S. The highest BCUT2D eigenvalue weighted by Crippen LogP contribution is 2.23. The smallest absolute Gasteiger partial charge is 0.269 e. The number of hydrogen-bond acceptors (Lipinski definition) is 5. The van der Waals surface area contributed by atoms with Gasteiger partial charge in [0.05, 0.1) is 9.82 Å². The van der Waals surface area contributed by atoms with Gasteiger partial charge in [0.2, 0.25) is 10.0 Å². The van der Waals surface area contributed by atoms with E-state index >= 15 is 0 Å². The maximum atomic E-state index is 12.1. The molecule has 2 aromatic rings. The number of halogens is 1. The molecule has 2 aromatic carbocycles. The average molecular weight is 398 g/mol. The van der Waals surface area contributed by atoms with Crippen molar-refractivity contribution in [1.29, 1.82) is 0 Å². The fraction of sp³-hybridized carbons (Fsp3) is 0.294. The lowest BCUT2D eigenvalue weighted by molar-refractivity contribution is -0.384. The van der Waals surface area contributed by atoms with Gasteiger partial charge in [-0.05, 0) is 36.2 Å². The van der Waals surface area contributed by atoms with Crippen LogP contribution in [0.15, 0.2) is 47.4 Å². The minimum atomic E-state index is -3.46. The first kappa shape index (κ1) is 20.3. The SMILES string of the molecule is CC(NCc1cc([N+](=O)[O-])ccc1Cl)c1ccc(S(=O)(=O)N(C)C)cc1. The summed E-state index contributed by atoms with van der Waals surface area (Å²) in [4.78, 5) is 10.6. The summed E-state index contributed by atoms with van der Waals surface area (Å²) in [6.07, 6.45) is 0. The summed E-state index contributed by atoms with van der Waals surface area (Å²) in [5, 5.41) is 14.6. The molecule has 1 N–H and O–H groups in total. The maximum Gasteiger partial charge on any atom is 0.269 e. The molecule has 0 spiro atoms. The average Bonchev–Trinajstić information content (AvgIpc) is 2.60. The third-order valence-electron chi connectivity index (χ3n) is 4.00. The van der Waals surface area contributed by atoms with Crippen molar-refractivity contribution in [2.45, 2.75) is 24.4 Å². The molecule has 1 unspecified atom stereocenters. The molecule has 0 aliphatic rings. The number of nitro groups is 1.